The highest BCUT2D eigenvalue weighted by atomic mass is 32.2. The molecule has 1 aromatic carbocycles. The number of nitrogens with one attached hydrogen (secondary N) is 1. The summed E-state index contributed by atoms with van der Waals surface area (Å²) in [6.45, 7) is 1.43. The molecule has 2 N–H and O–H groups in total. The minimum absolute atomic E-state index is 0.0340. The van der Waals surface area contributed by atoms with Crippen molar-refractivity contribution in [2.24, 2.45) is 5.92 Å². The minimum atomic E-state index is -3.33. The van der Waals surface area contributed by atoms with Crippen LogP contribution in [-0.2, 0) is 32.5 Å². The van der Waals surface area contributed by atoms with E-state index in [2.05, 4.69) is 4.72 Å². The summed E-state index contributed by atoms with van der Waals surface area (Å²) in [6, 6.07) is 6.88. The van der Waals surface area contributed by atoms with Gasteiger partial charge in [0.05, 0.1) is 18.8 Å². The monoisotopic (exact) mass is 327 g/mol. The van der Waals surface area contributed by atoms with Gasteiger partial charge in [0, 0.05) is 13.2 Å². The Kier molecular flexibility index (Phi) is 5.93. The number of hydrogen-bond donors (Lipinski definition) is 2. The molecular weight excluding hydrogens is 306 g/mol. The Morgan fingerprint density at radius 3 is 2.55 bits per heavy atom. The van der Waals surface area contributed by atoms with Crippen molar-refractivity contribution in [2.75, 3.05) is 19.0 Å². The molecule has 0 spiro atoms. The molecular formula is C15H21NO5S. The first-order chi connectivity index (χ1) is 10.4. The molecule has 1 aromatic rings. The normalized spacial score (nSPS) is 19.0. The van der Waals surface area contributed by atoms with Crippen LogP contribution in [0.15, 0.2) is 24.3 Å². The molecule has 1 heterocycles. The van der Waals surface area contributed by atoms with Crippen molar-refractivity contribution in [1.82, 2.24) is 4.72 Å². The molecule has 1 saturated heterocycles. The fourth-order valence-corrected chi connectivity index (χ4v) is 3.84. The average molecular weight is 327 g/mol. The smallest absolute Gasteiger partial charge is 0.307 e. The van der Waals surface area contributed by atoms with Crippen molar-refractivity contribution >= 4 is 16.0 Å². The predicted octanol–water partition coefficient (Wildman–Crippen LogP) is 1.16. The van der Waals surface area contributed by atoms with E-state index in [0.717, 1.165) is 18.4 Å². The van der Waals surface area contributed by atoms with Gasteiger partial charge in [-0.25, -0.2) is 13.1 Å². The van der Waals surface area contributed by atoms with Crippen molar-refractivity contribution < 1.29 is 23.1 Å². The van der Waals surface area contributed by atoms with Gasteiger partial charge in [-0.05, 0) is 29.9 Å². The lowest BCUT2D eigenvalue weighted by Crippen LogP contribution is -2.32. The molecule has 0 radical (unpaired) electrons. The van der Waals surface area contributed by atoms with Gasteiger partial charge in [0.25, 0.3) is 0 Å². The summed E-state index contributed by atoms with van der Waals surface area (Å²) in [5.74, 6) is -0.739. The second kappa shape index (κ2) is 7.71. The van der Waals surface area contributed by atoms with Gasteiger partial charge in [0.15, 0.2) is 0 Å². The number of sulfonamides is 1. The molecule has 1 atom stereocenters. The van der Waals surface area contributed by atoms with Crippen LogP contribution in [0.2, 0.25) is 0 Å². The molecule has 0 bridgehead atoms. The summed E-state index contributed by atoms with van der Waals surface area (Å²) >= 11 is 0. The largest absolute Gasteiger partial charge is 0.481 e. The van der Waals surface area contributed by atoms with Crippen LogP contribution < -0.4 is 4.72 Å². The van der Waals surface area contributed by atoms with Crippen molar-refractivity contribution in [1.29, 1.82) is 0 Å². The lowest BCUT2D eigenvalue weighted by atomic mass is 10.1. The van der Waals surface area contributed by atoms with Gasteiger partial charge in [-0.15, -0.1) is 0 Å². The second-order valence-corrected chi connectivity index (χ2v) is 7.42. The number of aliphatic carboxylic acids is 1. The molecule has 1 aliphatic heterocycles. The number of ether oxygens (including phenoxy) is 1. The Balaban J connectivity index is 1.84. The van der Waals surface area contributed by atoms with Crippen LogP contribution in [0.5, 0.6) is 0 Å². The van der Waals surface area contributed by atoms with E-state index in [1.165, 1.54) is 0 Å². The number of hydrogen-bond acceptors (Lipinski definition) is 4. The molecule has 1 aliphatic rings. The van der Waals surface area contributed by atoms with Crippen LogP contribution in [0.1, 0.15) is 24.0 Å². The molecule has 22 heavy (non-hydrogen) atoms. The highest BCUT2D eigenvalue weighted by Gasteiger charge is 2.21. The third-order valence-electron chi connectivity index (χ3n) is 3.58. The molecule has 0 amide bonds. The molecule has 7 heteroatoms. The lowest BCUT2D eigenvalue weighted by molar-refractivity contribution is -0.136. The van der Waals surface area contributed by atoms with Crippen LogP contribution in [-0.4, -0.2) is 38.5 Å². The second-order valence-electron chi connectivity index (χ2n) is 5.57. The Labute approximate surface area is 130 Å². The standard InChI is InChI=1S/C15H21NO5S/c17-15(18)8-12-3-5-13(6-4-12)9-16-22(19,20)11-14-2-1-7-21-10-14/h3-6,14,16H,1-2,7-11H2,(H,17,18). The Morgan fingerprint density at radius 2 is 1.95 bits per heavy atom. The molecule has 6 nitrogen and oxygen atoms in total. The van der Waals surface area contributed by atoms with Crippen molar-refractivity contribution in [3.63, 3.8) is 0 Å². The molecule has 1 unspecified atom stereocenters. The van der Waals surface area contributed by atoms with Gasteiger partial charge in [-0.3, -0.25) is 4.79 Å². The third kappa shape index (κ3) is 5.75. The number of carboxylic acids is 1. The van der Waals surface area contributed by atoms with Crippen LogP contribution >= 0.6 is 0 Å². The van der Waals surface area contributed by atoms with E-state index in [1.807, 2.05) is 0 Å². The van der Waals surface area contributed by atoms with E-state index in [1.54, 1.807) is 24.3 Å². The zero-order valence-corrected chi connectivity index (χ0v) is 13.1. The van der Waals surface area contributed by atoms with Crippen molar-refractivity contribution in [2.45, 2.75) is 25.8 Å². The maximum Gasteiger partial charge on any atom is 0.307 e. The van der Waals surface area contributed by atoms with E-state index in [0.29, 0.717) is 18.8 Å². The molecule has 0 aliphatic carbocycles. The first kappa shape index (κ1) is 16.9. The summed E-state index contributed by atoms with van der Waals surface area (Å²) in [5.41, 5.74) is 1.50. The van der Waals surface area contributed by atoms with Crippen LogP contribution in [0.25, 0.3) is 0 Å². The molecule has 122 valence electrons. The summed E-state index contributed by atoms with van der Waals surface area (Å²) in [4.78, 5) is 10.6. The number of carboxylic acid groups (broad SMARTS) is 1. The molecule has 0 aromatic heterocycles. The van der Waals surface area contributed by atoms with Crippen LogP contribution in [0, 0.1) is 5.92 Å². The molecule has 1 fully saturated rings. The highest BCUT2D eigenvalue weighted by Crippen LogP contribution is 2.15. The van der Waals surface area contributed by atoms with Gasteiger partial charge in [-0.1, -0.05) is 24.3 Å². The fourth-order valence-electron chi connectivity index (χ4n) is 2.45. The van der Waals surface area contributed by atoms with E-state index in [4.69, 9.17) is 9.84 Å². The fraction of sp³-hybridized carbons (Fsp3) is 0.533. The summed E-state index contributed by atoms with van der Waals surface area (Å²) < 4.78 is 32.0. The Bertz CT molecular complexity index is 591. The van der Waals surface area contributed by atoms with Gasteiger partial charge in [0.1, 0.15) is 0 Å². The van der Waals surface area contributed by atoms with E-state index in [9.17, 15) is 13.2 Å². The zero-order chi connectivity index (χ0) is 16.0. The lowest BCUT2D eigenvalue weighted by Gasteiger charge is -2.21. The predicted molar refractivity (Wildman–Crippen MR) is 82.0 cm³/mol. The number of benzene rings is 1. The maximum absolute atomic E-state index is 12.0. The van der Waals surface area contributed by atoms with Crippen LogP contribution in [0.3, 0.4) is 0 Å². The van der Waals surface area contributed by atoms with Crippen LogP contribution in [0.4, 0.5) is 0 Å². The maximum atomic E-state index is 12.0. The minimum Gasteiger partial charge on any atom is -0.481 e. The SMILES string of the molecule is O=C(O)Cc1ccc(CNS(=O)(=O)CC2CCCOC2)cc1. The third-order valence-corrected chi connectivity index (χ3v) is 5.08. The van der Waals surface area contributed by atoms with E-state index in [-0.39, 0.29) is 24.6 Å². The van der Waals surface area contributed by atoms with Gasteiger partial charge in [-0.2, -0.15) is 0 Å². The van der Waals surface area contributed by atoms with E-state index < -0.39 is 16.0 Å². The quantitative estimate of drug-likeness (QED) is 0.784. The Morgan fingerprint density at radius 1 is 1.27 bits per heavy atom. The summed E-state index contributed by atoms with van der Waals surface area (Å²) in [7, 11) is -3.33. The van der Waals surface area contributed by atoms with Gasteiger partial charge < -0.3 is 9.84 Å². The van der Waals surface area contributed by atoms with Crippen molar-refractivity contribution in [3.8, 4) is 0 Å². The summed E-state index contributed by atoms with van der Waals surface area (Å²) in [5, 5.41) is 8.70. The highest BCUT2D eigenvalue weighted by molar-refractivity contribution is 7.89. The topological polar surface area (TPSA) is 92.7 Å². The number of rotatable bonds is 7. The van der Waals surface area contributed by atoms with Gasteiger partial charge in [0.2, 0.25) is 10.0 Å². The van der Waals surface area contributed by atoms with E-state index >= 15 is 0 Å². The molecule has 2 rings (SSSR count). The Hall–Kier alpha value is -1.44. The average Bonchev–Trinajstić information content (AvgIpc) is 2.47. The molecule has 0 saturated carbocycles. The zero-order valence-electron chi connectivity index (χ0n) is 12.3. The first-order valence-electron chi connectivity index (χ1n) is 7.29. The number of carbonyl (C=O) groups is 1. The van der Waals surface area contributed by atoms with Gasteiger partial charge >= 0.3 is 5.97 Å². The van der Waals surface area contributed by atoms with Crippen molar-refractivity contribution in [3.05, 3.63) is 35.4 Å². The summed E-state index contributed by atoms with van der Waals surface area (Å²) in [6.07, 6.45) is 1.75. The first-order valence-corrected chi connectivity index (χ1v) is 8.94.